The molecule has 2 N–H and O–H groups in total. The van der Waals surface area contributed by atoms with Crippen LogP contribution in [0.4, 0.5) is 0 Å². The van der Waals surface area contributed by atoms with Gasteiger partial charge >= 0.3 is 0 Å². The number of nitrogens with one attached hydrogen (secondary N) is 2. The van der Waals surface area contributed by atoms with Crippen molar-refractivity contribution >= 4 is 17.7 Å². The van der Waals surface area contributed by atoms with E-state index in [0.29, 0.717) is 12.5 Å². The van der Waals surface area contributed by atoms with Gasteiger partial charge in [0.2, 0.25) is 5.91 Å². The number of benzene rings is 2. The molecule has 4 heteroatoms. The van der Waals surface area contributed by atoms with Gasteiger partial charge in [0.1, 0.15) is 0 Å². The van der Waals surface area contributed by atoms with Crippen LogP contribution in [0, 0.1) is 0 Å². The molecular formula is C20H24N2OS. The molecule has 1 fully saturated rings. The van der Waals surface area contributed by atoms with E-state index >= 15 is 0 Å². The van der Waals surface area contributed by atoms with Crippen molar-refractivity contribution in [2.24, 2.45) is 0 Å². The van der Waals surface area contributed by atoms with E-state index in [1.165, 1.54) is 11.1 Å². The van der Waals surface area contributed by atoms with Crippen molar-refractivity contribution in [3.63, 3.8) is 0 Å². The zero-order valence-electron chi connectivity index (χ0n) is 14.0. The summed E-state index contributed by atoms with van der Waals surface area (Å²) in [5.41, 5.74) is 3.54. The predicted molar refractivity (Wildman–Crippen MR) is 102 cm³/mol. The maximum Gasteiger partial charge on any atom is 0.222 e. The second kappa shape index (κ2) is 8.36. The standard InChI is InChI=1S/C20H24N2OS/c1-15(22-20(23)13-19-14-24-12-11-21-19)16-7-9-18(10-8-16)17-5-3-2-4-6-17/h2-10,15,19,21H,11-14H2,1H3,(H,22,23). The zero-order valence-corrected chi connectivity index (χ0v) is 14.8. The molecule has 0 saturated carbocycles. The Labute approximate surface area is 148 Å². The van der Waals surface area contributed by atoms with E-state index in [-0.39, 0.29) is 11.9 Å². The van der Waals surface area contributed by atoms with Crippen molar-refractivity contribution in [3.05, 3.63) is 60.2 Å². The molecule has 0 spiro atoms. The lowest BCUT2D eigenvalue weighted by Gasteiger charge is -2.23. The Hall–Kier alpha value is -1.78. The van der Waals surface area contributed by atoms with Gasteiger partial charge in [-0.05, 0) is 23.6 Å². The quantitative estimate of drug-likeness (QED) is 0.873. The Balaban J connectivity index is 1.56. The van der Waals surface area contributed by atoms with Gasteiger partial charge in [-0.2, -0.15) is 11.8 Å². The van der Waals surface area contributed by atoms with Crippen LogP contribution in [0.2, 0.25) is 0 Å². The molecule has 24 heavy (non-hydrogen) atoms. The van der Waals surface area contributed by atoms with Crippen molar-refractivity contribution < 1.29 is 4.79 Å². The van der Waals surface area contributed by atoms with Gasteiger partial charge in [0.15, 0.2) is 0 Å². The van der Waals surface area contributed by atoms with E-state index in [2.05, 4.69) is 47.0 Å². The lowest BCUT2D eigenvalue weighted by Crippen LogP contribution is -2.41. The molecule has 1 amide bonds. The Kier molecular flexibility index (Phi) is 5.94. The monoisotopic (exact) mass is 340 g/mol. The highest BCUT2D eigenvalue weighted by Crippen LogP contribution is 2.22. The number of thioether (sulfide) groups is 1. The molecule has 1 aliphatic rings. The fraction of sp³-hybridized carbons (Fsp3) is 0.350. The van der Waals surface area contributed by atoms with Crippen LogP contribution in [0.15, 0.2) is 54.6 Å². The van der Waals surface area contributed by atoms with Crippen LogP contribution < -0.4 is 10.6 Å². The molecule has 3 rings (SSSR count). The molecule has 3 nitrogen and oxygen atoms in total. The number of carbonyl (C=O) groups excluding carboxylic acids is 1. The lowest BCUT2D eigenvalue weighted by molar-refractivity contribution is -0.122. The Bertz CT molecular complexity index is 651. The Morgan fingerprint density at radius 2 is 1.88 bits per heavy atom. The highest BCUT2D eigenvalue weighted by molar-refractivity contribution is 7.99. The van der Waals surface area contributed by atoms with Crippen LogP contribution in [0.5, 0.6) is 0 Å². The van der Waals surface area contributed by atoms with Crippen LogP contribution in [-0.4, -0.2) is 30.0 Å². The van der Waals surface area contributed by atoms with Crippen molar-refractivity contribution in [2.45, 2.75) is 25.4 Å². The first-order valence-corrected chi connectivity index (χ1v) is 9.64. The van der Waals surface area contributed by atoms with Gasteiger partial charge in [-0.3, -0.25) is 4.79 Å². The van der Waals surface area contributed by atoms with Crippen molar-refractivity contribution in [1.29, 1.82) is 0 Å². The third-order valence-electron chi connectivity index (χ3n) is 4.33. The molecule has 2 aromatic rings. The van der Waals surface area contributed by atoms with Crippen LogP contribution in [-0.2, 0) is 4.79 Å². The Morgan fingerprint density at radius 1 is 1.17 bits per heavy atom. The second-order valence-electron chi connectivity index (χ2n) is 6.21. The number of hydrogen-bond donors (Lipinski definition) is 2. The highest BCUT2D eigenvalue weighted by atomic mass is 32.2. The third-order valence-corrected chi connectivity index (χ3v) is 5.46. The van der Waals surface area contributed by atoms with Gasteiger partial charge in [-0.1, -0.05) is 54.6 Å². The van der Waals surface area contributed by atoms with Crippen LogP contribution in [0.3, 0.4) is 0 Å². The average molecular weight is 340 g/mol. The van der Waals surface area contributed by atoms with E-state index in [0.717, 1.165) is 23.6 Å². The smallest absolute Gasteiger partial charge is 0.222 e. The maximum atomic E-state index is 12.2. The van der Waals surface area contributed by atoms with Gasteiger partial charge < -0.3 is 10.6 Å². The molecule has 0 bridgehead atoms. The summed E-state index contributed by atoms with van der Waals surface area (Å²) in [6.45, 7) is 3.04. The van der Waals surface area contributed by atoms with Crippen molar-refractivity contribution in [2.75, 3.05) is 18.1 Å². The van der Waals surface area contributed by atoms with Gasteiger partial charge in [0, 0.05) is 30.5 Å². The van der Waals surface area contributed by atoms with Gasteiger partial charge in [-0.25, -0.2) is 0 Å². The van der Waals surface area contributed by atoms with Gasteiger partial charge in [0.05, 0.1) is 6.04 Å². The summed E-state index contributed by atoms with van der Waals surface area (Å²) in [6, 6.07) is 19.1. The predicted octanol–water partition coefficient (Wildman–Crippen LogP) is 3.63. The number of carbonyl (C=O) groups is 1. The normalized spacial score (nSPS) is 18.8. The number of rotatable bonds is 5. The fourth-order valence-electron chi connectivity index (χ4n) is 2.95. The average Bonchev–Trinajstić information content (AvgIpc) is 2.63. The molecular weight excluding hydrogens is 316 g/mol. The topological polar surface area (TPSA) is 41.1 Å². The van der Waals surface area contributed by atoms with E-state index in [1.54, 1.807) is 0 Å². The summed E-state index contributed by atoms with van der Waals surface area (Å²) < 4.78 is 0. The molecule has 0 radical (unpaired) electrons. The summed E-state index contributed by atoms with van der Waals surface area (Å²) in [6.07, 6.45) is 0.555. The van der Waals surface area contributed by atoms with Gasteiger partial charge in [0.25, 0.3) is 0 Å². The third kappa shape index (κ3) is 4.62. The molecule has 1 heterocycles. The Morgan fingerprint density at radius 3 is 2.54 bits per heavy atom. The molecule has 1 aliphatic heterocycles. The first-order chi connectivity index (χ1) is 11.7. The molecule has 0 aromatic heterocycles. The molecule has 2 unspecified atom stereocenters. The van der Waals surface area contributed by atoms with E-state index < -0.39 is 0 Å². The second-order valence-corrected chi connectivity index (χ2v) is 7.36. The minimum atomic E-state index is 0.0265. The zero-order chi connectivity index (χ0) is 16.8. The minimum Gasteiger partial charge on any atom is -0.350 e. The fourth-order valence-corrected chi connectivity index (χ4v) is 3.90. The minimum absolute atomic E-state index is 0.0265. The SMILES string of the molecule is CC(NC(=O)CC1CSCCN1)c1ccc(-c2ccccc2)cc1. The number of hydrogen-bond acceptors (Lipinski definition) is 3. The number of amides is 1. The van der Waals surface area contributed by atoms with Gasteiger partial charge in [-0.15, -0.1) is 0 Å². The summed E-state index contributed by atoms with van der Waals surface area (Å²) in [5.74, 6) is 2.28. The first-order valence-electron chi connectivity index (χ1n) is 8.48. The molecule has 126 valence electrons. The van der Waals surface area contributed by atoms with Crippen LogP contribution in [0.1, 0.15) is 24.9 Å². The maximum absolute atomic E-state index is 12.2. The molecule has 2 atom stereocenters. The van der Waals surface area contributed by atoms with Crippen LogP contribution >= 0.6 is 11.8 Å². The lowest BCUT2D eigenvalue weighted by atomic mass is 10.0. The van der Waals surface area contributed by atoms with E-state index in [4.69, 9.17) is 0 Å². The van der Waals surface area contributed by atoms with Crippen molar-refractivity contribution in [1.82, 2.24) is 10.6 Å². The van der Waals surface area contributed by atoms with Crippen molar-refractivity contribution in [3.8, 4) is 11.1 Å². The highest BCUT2D eigenvalue weighted by Gasteiger charge is 2.18. The van der Waals surface area contributed by atoms with E-state index in [1.807, 2.05) is 36.9 Å². The molecule has 0 aliphatic carbocycles. The van der Waals surface area contributed by atoms with E-state index in [9.17, 15) is 4.79 Å². The molecule has 2 aromatic carbocycles. The summed E-state index contributed by atoms with van der Waals surface area (Å²) in [4.78, 5) is 12.2. The summed E-state index contributed by atoms with van der Waals surface area (Å²) in [7, 11) is 0. The largest absolute Gasteiger partial charge is 0.350 e. The first kappa shape index (κ1) is 17.1. The molecule has 1 saturated heterocycles. The summed E-state index contributed by atoms with van der Waals surface area (Å²) in [5, 5.41) is 6.52. The van der Waals surface area contributed by atoms with Crippen LogP contribution in [0.25, 0.3) is 11.1 Å². The summed E-state index contributed by atoms with van der Waals surface area (Å²) >= 11 is 1.92.